The fraction of sp³-hybridized carbons (Fsp3) is 0.333. The molecule has 150 valence electrons. The molecule has 1 saturated heterocycles. The maximum Gasteiger partial charge on any atom is 0.232 e. The second-order valence-corrected chi connectivity index (χ2v) is 8.92. The van der Waals surface area contributed by atoms with Gasteiger partial charge >= 0.3 is 0 Å². The Hall–Kier alpha value is -2.32. The molecule has 0 N–H and O–H groups in total. The Balaban J connectivity index is 1.42. The van der Waals surface area contributed by atoms with Crippen molar-refractivity contribution >= 4 is 29.0 Å². The number of piperidine rings is 1. The Kier molecular flexibility index (Phi) is 6.20. The van der Waals surface area contributed by atoms with Gasteiger partial charge in [-0.1, -0.05) is 11.8 Å². The average molecular weight is 429 g/mol. The molecule has 3 heterocycles. The molecule has 1 fully saturated rings. The van der Waals surface area contributed by atoms with E-state index in [2.05, 4.69) is 15.2 Å². The van der Waals surface area contributed by atoms with Crippen molar-refractivity contribution in [1.29, 1.82) is 0 Å². The Bertz CT molecular complexity index is 983. The second-order valence-electron chi connectivity index (χ2n) is 6.93. The van der Waals surface area contributed by atoms with Crippen LogP contribution in [0.5, 0.6) is 0 Å². The van der Waals surface area contributed by atoms with Crippen molar-refractivity contribution < 1.29 is 9.18 Å². The molecular formula is C21H21FN4OS2. The number of rotatable bonds is 5. The summed E-state index contributed by atoms with van der Waals surface area (Å²) in [5.41, 5.74) is 2.49. The zero-order valence-corrected chi connectivity index (χ0v) is 17.7. The Morgan fingerprint density at radius 1 is 1.10 bits per heavy atom. The number of nitrogens with zero attached hydrogens (tertiary/aromatic N) is 4. The quantitative estimate of drug-likeness (QED) is 0.546. The van der Waals surface area contributed by atoms with E-state index in [4.69, 9.17) is 0 Å². The van der Waals surface area contributed by atoms with E-state index < -0.39 is 0 Å². The highest BCUT2D eigenvalue weighted by atomic mass is 32.2. The van der Waals surface area contributed by atoms with Gasteiger partial charge in [0.05, 0.1) is 16.3 Å². The number of aryl methyl sites for hydroxylation is 1. The van der Waals surface area contributed by atoms with Crippen molar-refractivity contribution in [1.82, 2.24) is 20.1 Å². The van der Waals surface area contributed by atoms with Gasteiger partial charge in [0.2, 0.25) is 5.91 Å². The molecule has 1 aromatic carbocycles. The number of carbonyl (C=O) groups is 1. The summed E-state index contributed by atoms with van der Waals surface area (Å²) in [5, 5.41) is 10.2. The number of thioether (sulfide) groups is 1. The largest absolute Gasteiger partial charge is 0.342 e. The summed E-state index contributed by atoms with van der Waals surface area (Å²) in [6, 6.07) is 10.1. The first kappa shape index (κ1) is 20.0. The van der Waals surface area contributed by atoms with Crippen molar-refractivity contribution in [2.24, 2.45) is 0 Å². The summed E-state index contributed by atoms with van der Waals surface area (Å²) >= 11 is 2.93. The highest BCUT2D eigenvalue weighted by molar-refractivity contribution is 7.99. The van der Waals surface area contributed by atoms with Gasteiger partial charge in [-0.2, -0.15) is 0 Å². The van der Waals surface area contributed by atoms with Crippen LogP contribution in [0.2, 0.25) is 0 Å². The molecule has 3 aromatic rings. The number of likely N-dealkylation sites (tertiary alicyclic amines) is 1. The molecule has 1 amide bonds. The SMILES string of the molecule is Cc1nc(-c2ccc(F)cc2)sc1-c1ccc(SCC(=O)N2CCCCC2)nn1. The van der Waals surface area contributed by atoms with Crippen LogP contribution in [0.1, 0.15) is 25.0 Å². The summed E-state index contributed by atoms with van der Waals surface area (Å²) in [4.78, 5) is 19.8. The first-order valence-electron chi connectivity index (χ1n) is 9.58. The van der Waals surface area contributed by atoms with Gasteiger partial charge in [0.15, 0.2) is 0 Å². The first-order chi connectivity index (χ1) is 14.1. The fourth-order valence-corrected chi connectivity index (χ4v) is 4.99. The highest BCUT2D eigenvalue weighted by Gasteiger charge is 2.17. The number of hydrogen-bond acceptors (Lipinski definition) is 6. The molecule has 0 bridgehead atoms. The first-order valence-corrected chi connectivity index (χ1v) is 11.4. The van der Waals surface area contributed by atoms with Gasteiger partial charge in [0.1, 0.15) is 21.5 Å². The van der Waals surface area contributed by atoms with Gasteiger partial charge in [-0.3, -0.25) is 4.79 Å². The molecule has 1 aliphatic heterocycles. The lowest BCUT2D eigenvalue weighted by Crippen LogP contribution is -2.36. The van der Waals surface area contributed by atoms with Crippen molar-refractivity contribution in [2.75, 3.05) is 18.8 Å². The number of halogens is 1. The van der Waals surface area contributed by atoms with E-state index in [0.29, 0.717) is 5.75 Å². The van der Waals surface area contributed by atoms with E-state index in [1.165, 1.54) is 41.7 Å². The molecule has 29 heavy (non-hydrogen) atoms. The molecular weight excluding hydrogens is 407 g/mol. The minimum atomic E-state index is -0.264. The monoisotopic (exact) mass is 428 g/mol. The molecule has 0 radical (unpaired) electrons. The Labute approximate surface area is 177 Å². The van der Waals surface area contributed by atoms with E-state index in [1.54, 1.807) is 12.1 Å². The number of benzene rings is 1. The molecule has 5 nitrogen and oxygen atoms in total. The standard InChI is InChI=1S/C21H21FN4OS2/c1-14-20(29-21(23-14)15-5-7-16(22)8-6-15)17-9-10-18(25-24-17)28-13-19(27)26-11-3-2-4-12-26/h5-10H,2-4,11-13H2,1H3. The highest BCUT2D eigenvalue weighted by Crippen LogP contribution is 2.34. The average Bonchev–Trinajstić information content (AvgIpc) is 3.15. The van der Waals surface area contributed by atoms with Crippen LogP contribution in [0, 0.1) is 12.7 Å². The van der Waals surface area contributed by atoms with Crippen molar-refractivity contribution in [3.05, 3.63) is 47.9 Å². The lowest BCUT2D eigenvalue weighted by molar-refractivity contribution is -0.129. The fourth-order valence-electron chi connectivity index (χ4n) is 3.24. The summed E-state index contributed by atoms with van der Waals surface area (Å²) < 4.78 is 13.1. The predicted octanol–water partition coefficient (Wildman–Crippen LogP) is 4.82. The summed E-state index contributed by atoms with van der Waals surface area (Å²) in [6.45, 7) is 3.66. The van der Waals surface area contributed by atoms with Gasteiger partial charge in [-0.25, -0.2) is 9.37 Å². The predicted molar refractivity (Wildman–Crippen MR) is 114 cm³/mol. The van der Waals surface area contributed by atoms with Gasteiger partial charge < -0.3 is 4.90 Å². The van der Waals surface area contributed by atoms with E-state index in [0.717, 1.165) is 57.8 Å². The molecule has 0 saturated carbocycles. The van der Waals surface area contributed by atoms with Gasteiger partial charge in [-0.15, -0.1) is 21.5 Å². The van der Waals surface area contributed by atoms with Crippen LogP contribution in [0.25, 0.3) is 21.1 Å². The minimum Gasteiger partial charge on any atom is -0.342 e. The second kappa shape index (κ2) is 9.00. The minimum absolute atomic E-state index is 0.169. The van der Waals surface area contributed by atoms with Crippen molar-refractivity contribution in [2.45, 2.75) is 31.2 Å². The Morgan fingerprint density at radius 3 is 2.55 bits per heavy atom. The summed E-state index contributed by atoms with van der Waals surface area (Å²) in [7, 11) is 0. The van der Waals surface area contributed by atoms with Gasteiger partial charge in [0, 0.05) is 18.7 Å². The van der Waals surface area contributed by atoms with Crippen molar-refractivity contribution in [3.8, 4) is 21.1 Å². The third-order valence-electron chi connectivity index (χ3n) is 4.81. The molecule has 0 aliphatic carbocycles. The third-order valence-corrected chi connectivity index (χ3v) is 6.95. The summed E-state index contributed by atoms with van der Waals surface area (Å²) in [5.74, 6) is 0.297. The van der Waals surface area contributed by atoms with E-state index in [-0.39, 0.29) is 11.7 Å². The number of aromatic nitrogens is 3. The number of carbonyl (C=O) groups excluding carboxylic acids is 1. The van der Waals surface area contributed by atoms with Crippen LogP contribution in [0.4, 0.5) is 4.39 Å². The Morgan fingerprint density at radius 2 is 1.86 bits per heavy atom. The van der Waals surface area contributed by atoms with Gasteiger partial charge in [-0.05, 0) is 62.6 Å². The molecule has 4 rings (SSSR count). The molecule has 0 unspecified atom stereocenters. The molecule has 0 spiro atoms. The molecule has 0 atom stereocenters. The smallest absolute Gasteiger partial charge is 0.232 e. The molecule has 1 aliphatic rings. The van der Waals surface area contributed by atoms with Crippen molar-refractivity contribution in [3.63, 3.8) is 0 Å². The normalized spacial score (nSPS) is 14.2. The van der Waals surface area contributed by atoms with Crippen LogP contribution in [-0.4, -0.2) is 44.8 Å². The molecule has 2 aromatic heterocycles. The number of thiazole rings is 1. The number of amides is 1. The van der Waals surface area contributed by atoms with Crippen LogP contribution >= 0.6 is 23.1 Å². The van der Waals surface area contributed by atoms with Crippen LogP contribution in [0.15, 0.2) is 41.4 Å². The van der Waals surface area contributed by atoms with E-state index in [9.17, 15) is 9.18 Å². The summed E-state index contributed by atoms with van der Waals surface area (Å²) in [6.07, 6.45) is 3.40. The topological polar surface area (TPSA) is 59.0 Å². The van der Waals surface area contributed by atoms with E-state index >= 15 is 0 Å². The zero-order valence-electron chi connectivity index (χ0n) is 16.1. The maximum absolute atomic E-state index is 13.1. The lowest BCUT2D eigenvalue weighted by Gasteiger charge is -2.26. The van der Waals surface area contributed by atoms with Crippen LogP contribution < -0.4 is 0 Å². The van der Waals surface area contributed by atoms with Gasteiger partial charge in [0.25, 0.3) is 0 Å². The zero-order chi connectivity index (χ0) is 20.2. The maximum atomic E-state index is 13.1. The lowest BCUT2D eigenvalue weighted by atomic mass is 10.1. The number of hydrogen-bond donors (Lipinski definition) is 0. The third kappa shape index (κ3) is 4.82. The van der Waals surface area contributed by atoms with Crippen LogP contribution in [-0.2, 0) is 4.79 Å². The van der Waals surface area contributed by atoms with Crippen LogP contribution in [0.3, 0.4) is 0 Å². The molecule has 8 heteroatoms. The van der Waals surface area contributed by atoms with E-state index in [1.807, 2.05) is 24.0 Å².